The first-order chi connectivity index (χ1) is 7.10. The van der Waals surface area contributed by atoms with Gasteiger partial charge in [0.1, 0.15) is 0 Å². The number of aliphatic hydroxyl groups is 1. The number of cyclic esters (lactones) is 1. The van der Waals surface area contributed by atoms with E-state index < -0.39 is 18.0 Å². The molecule has 0 bridgehead atoms. The lowest BCUT2D eigenvalue weighted by atomic mass is 10.1. The zero-order valence-electron chi connectivity index (χ0n) is 8.34. The molecule has 4 nitrogen and oxygen atoms in total. The van der Waals surface area contributed by atoms with Crippen LogP contribution in [0.25, 0.3) is 0 Å². The zero-order chi connectivity index (χ0) is 10.9. The lowest BCUT2D eigenvalue weighted by Crippen LogP contribution is -2.42. The van der Waals surface area contributed by atoms with Crippen LogP contribution in [0.4, 0.5) is 0 Å². The molecular weight excluding hydrogens is 196 g/mol. The molecule has 1 aromatic carbocycles. The monoisotopic (exact) mass is 208 g/mol. The predicted octanol–water partition coefficient (Wildman–Crippen LogP) is 1.14. The van der Waals surface area contributed by atoms with Crippen molar-refractivity contribution < 1.29 is 19.4 Å². The van der Waals surface area contributed by atoms with Crippen molar-refractivity contribution in [1.29, 1.82) is 0 Å². The molecule has 1 saturated heterocycles. The van der Waals surface area contributed by atoms with Crippen LogP contribution in [0.1, 0.15) is 18.9 Å². The van der Waals surface area contributed by atoms with E-state index in [0.29, 0.717) is 5.56 Å². The predicted molar refractivity (Wildman–Crippen MR) is 51.6 cm³/mol. The van der Waals surface area contributed by atoms with Crippen LogP contribution in [0.3, 0.4) is 0 Å². The summed E-state index contributed by atoms with van der Waals surface area (Å²) in [6.45, 7) is 1.61. The SMILES string of the molecule is CC1(c2ccccc2)OC(=O)CC(O)O1. The van der Waals surface area contributed by atoms with Gasteiger partial charge in [-0.3, -0.25) is 4.79 Å². The summed E-state index contributed by atoms with van der Waals surface area (Å²) in [5, 5.41) is 9.35. The third kappa shape index (κ3) is 2.00. The summed E-state index contributed by atoms with van der Waals surface area (Å²) < 4.78 is 10.4. The molecule has 0 aliphatic carbocycles. The van der Waals surface area contributed by atoms with Gasteiger partial charge in [0.25, 0.3) is 0 Å². The van der Waals surface area contributed by atoms with Gasteiger partial charge < -0.3 is 14.6 Å². The van der Waals surface area contributed by atoms with Crippen molar-refractivity contribution in [2.24, 2.45) is 0 Å². The second kappa shape index (κ2) is 3.64. The van der Waals surface area contributed by atoms with Crippen molar-refractivity contribution in [1.82, 2.24) is 0 Å². The van der Waals surface area contributed by atoms with E-state index in [4.69, 9.17) is 9.47 Å². The van der Waals surface area contributed by atoms with Crippen LogP contribution in [0.15, 0.2) is 30.3 Å². The summed E-state index contributed by atoms with van der Waals surface area (Å²) in [6, 6.07) is 9.06. The van der Waals surface area contributed by atoms with Gasteiger partial charge in [-0.15, -0.1) is 0 Å². The Balaban J connectivity index is 2.30. The minimum absolute atomic E-state index is 0.123. The minimum atomic E-state index is -1.18. The Hall–Kier alpha value is -1.39. The molecule has 0 aromatic heterocycles. The molecule has 1 fully saturated rings. The van der Waals surface area contributed by atoms with E-state index >= 15 is 0 Å². The largest absolute Gasteiger partial charge is 0.429 e. The topological polar surface area (TPSA) is 55.8 Å². The number of hydrogen-bond donors (Lipinski definition) is 1. The maximum Gasteiger partial charge on any atom is 0.313 e. The molecule has 2 rings (SSSR count). The Morgan fingerprint density at radius 2 is 2.07 bits per heavy atom. The van der Waals surface area contributed by atoms with Crippen LogP contribution in [0, 0.1) is 0 Å². The molecule has 1 N–H and O–H groups in total. The Labute approximate surface area is 87.4 Å². The van der Waals surface area contributed by atoms with Gasteiger partial charge in [0.05, 0.1) is 6.42 Å². The third-order valence-electron chi connectivity index (χ3n) is 2.31. The van der Waals surface area contributed by atoms with Crippen LogP contribution in [0.2, 0.25) is 0 Å². The van der Waals surface area contributed by atoms with Crippen LogP contribution < -0.4 is 0 Å². The number of ether oxygens (including phenoxy) is 2. The number of hydrogen-bond acceptors (Lipinski definition) is 4. The Bertz CT molecular complexity index is 362. The standard InChI is InChI=1S/C11H12O4/c1-11(8-5-3-2-4-6-8)14-9(12)7-10(13)15-11/h2-6,9,12H,7H2,1H3. The van der Waals surface area contributed by atoms with Crippen LogP contribution in [0.5, 0.6) is 0 Å². The van der Waals surface area contributed by atoms with Crippen molar-refractivity contribution >= 4 is 5.97 Å². The van der Waals surface area contributed by atoms with Crippen molar-refractivity contribution in [3.8, 4) is 0 Å². The van der Waals surface area contributed by atoms with E-state index in [1.165, 1.54) is 0 Å². The average molecular weight is 208 g/mol. The Morgan fingerprint density at radius 3 is 2.67 bits per heavy atom. The lowest BCUT2D eigenvalue weighted by molar-refractivity contribution is -0.313. The smallest absolute Gasteiger partial charge is 0.313 e. The molecule has 0 spiro atoms. The van der Waals surface area contributed by atoms with E-state index in [9.17, 15) is 9.90 Å². The van der Waals surface area contributed by atoms with Gasteiger partial charge in [0.15, 0.2) is 6.29 Å². The van der Waals surface area contributed by atoms with Gasteiger partial charge in [-0.05, 0) is 0 Å². The van der Waals surface area contributed by atoms with Gasteiger partial charge in [0, 0.05) is 12.5 Å². The molecular formula is C11H12O4. The van der Waals surface area contributed by atoms with Crippen molar-refractivity contribution in [2.45, 2.75) is 25.4 Å². The first kappa shape index (κ1) is 10.1. The minimum Gasteiger partial charge on any atom is -0.429 e. The van der Waals surface area contributed by atoms with Crippen molar-refractivity contribution in [2.75, 3.05) is 0 Å². The Kier molecular flexibility index (Phi) is 2.46. The van der Waals surface area contributed by atoms with E-state index in [-0.39, 0.29) is 6.42 Å². The quantitative estimate of drug-likeness (QED) is 0.703. The second-order valence-corrected chi connectivity index (χ2v) is 3.56. The van der Waals surface area contributed by atoms with E-state index in [1.54, 1.807) is 19.1 Å². The van der Waals surface area contributed by atoms with Gasteiger partial charge >= 0.3 is 5.97 Å². The summed E-state index contributed by atoms with van der Waals surface area (Å²) >= 11 is 0. The number of benzene rings is 1. The van der Waals surface area contributed by atoms with Crippen LogP contribution in [-0.2, 0) is 20.1 Å². The fraction of sp³-hybridized carbons (Fsp3) is 0.364. The van der Waals surface area contributed by atoms with Crippen molar-refractivity contribution in [3.63, 3.8) is 0 Å². The number of carbonyl (C=O) groups excluding carboxylic acids is 1. The van der Waals surface area contributed by atoms with E-state index in [0.717, 1.165) is 0 Å². The highest BCUT2D eigenvalue weighted by Gasteiger charge is 2.39. The van der Waals surface area contributed by atoms with Crippen LogP contribution in [-0.4, -0.2) is 17.4 Å². The number of esters is 1. The average Bonchev–Trinajstić information content (AvgIpc) is 2.17. The molecule has 1 aliphatic heterocycles. The lowest BCUT2D eigenvalue weighted by Gasteiger charge is -2.35. The zero-order valence-corrected chi connectivity index (χ0v) is 8.34. The highest BCUT2D eigenvalue weighted by atomic mass is 16.8. The Morgan fingerprint density at radius 1 is 1.40 bits per heavy atom. The number of aliphatic hydroxyl groups excluding tert-OH is 1. The fourth-order valence-electron chi connectivity index (χ4n) is 1.59. The first-order valence-corrected chi connectivity index (χ1v) is 4.73. The summed E-state index contributed by atoms with van der Waals surface area (Å²) in [5.41, 5.74) is 0.706. The maximum absolute atomic E-state index is 11.2. The van der Waals surface area contributed by atoms with E-state index in [2.05, 4.69) is 0 Å². The molecule has 1 aliphatic rings. The molecule has 4 heteroatoms. The van der Waals surface area contributed by atoms with Crippen LogP contribution >= 0.6 is 0 Å². The summed E-state index contributed by atoms with van der Waals surface area (Å²) in [5.74, 6) is -1.64. The molecule has 1 heterocycles. The van der Waals surface area contributed by atoms with Crippen molar-refractivity contribution in [3.05, 3.63) is 35.9 Å². The molecule has 2 unspecified atom stereocenters. The number of carbonyl (C=O) groups is 1. The summed E-state index contributed by atoms with van der Waals surface area (Å²) in [4.78, 5) is 11.2. The molecule has 0 amide bonds. The van der Waals surface area contributed by atoms with Gasteiger partial charge in [0.2, 0.25) is 5.79 Å². The summed E-state index contributed by atoms with van der Waals surface area (Å²) in [6.07, 6.45) is -1.22. The highest BCUT2D eigenvalue weighted by molar-refractivity contribution is 5.71. The second-order valence-electron chi connectivity index (χ2n) is 3.56. The fourth-order valence-corrected chi connectivity index (χ4v) is 1.59. The maximum atomic E-state index is 11.2. The van der Waals surface area contributed by atoms with Gasteiger partial charge in [-0.1, -0.05) is 30.3 Å². The first-order valence-electron chi connectivity index (χ1n) is 4.73. The van der Waals surface area contributed by atoms with E-state index in [1.807, 2.05) is 18.2 Å². The molecule has 0 saturated carbocycles. The third-order valence-corrected chi connectivity index (χ3v) is 2.31. The summed E-state index contributed by atoms with van der Waals surface area (Å²) in [7, 11) is 0. The molecule has 2 atom stereocenters. The van der Waals surface area contributed by atoms with Gasteiger partial charge in [-0.2, -0.15) is 0 Å². The number of rotatable bonds is 1. The normalized spacial score (nSPS) is 31.1. The highest BCUT2D eigenvalue weighted by Crippen LogP contribution is 2.32. The molecule has 15 heavy (non-hydrogen) atoms. The van der Waals surface area contributed by atoms with Gasteiger partial charge in [-0.25, -0.2) is 0 Å². The molecule has 1 aromatic rings. The molecule has 0 radical (unpaired) electrons. The molecule has 80 valence electrons.